The van der Waals surface area contributed by atoms with Crippen LogP contribution in [0.15, 0.2) is 12.3 Å². The van der Waals surface area contributed by atoms with Crippen molar-refractivity contribution in [3.8, 4) is 0 Å². The van der Waals surface area contributed by atoms with E-state index in [0.717, 1.165) is 18.5 Å². The summed E-state index contributed by atoms with van der Waals surface area (Å²) >= 11 is 0. The van der Waals surface area contributed by atoms with Gasteiger partial charge in [0.25, 0.3) is 5.91 Å². The highest BCUT2D eigenvalue weighted by Crippen LogP contribution is 2.19. The van der Waals surface area contributed by atoms with E-state index in [0.29, 0.717) is 30.5 Å². The van der Waals surface area contributed by atoms with E-state index < -0.39 is 0 Å². The SMILES string of the molecule is Cc1cc(N)c(C(=O)NCCOC2CCCCC2)cn1. The normalized spacial score (nSPS) is 16.1. The smallest absolute Gasteiger partial charge is 0.255 e. The number of pyridine rings is 1. The van der Waals surface area contributed by atoms with Crippen LogP contribution < -0.4 is 11.1 Å². The average Bonchev–Trinajstić information content (AvgIpc) is 2.44. The number of nitrogens with one attached hydrogen (secondary N) is 1. The van der Waals surface area contributed by atoms with Gasteiger partial charge in [0.2, 0.25) is 0 Å². The lowest BCUT2D eigenvalue weighted by atomic mass is 9.98. The van der Waals surface area contributed by atoms with Crippen LogP contribution in [0, 0.1) is 6.92 Å². The fourth-order valence-corrected chi connectivity index (χ4v) is 2.49. The van der Waals surface area contributed by atoms with Crippen LogP contribution in [-0.4, -0.2) is 30.1 Å². The number of aryl methyl sites for hydroxylation is 1. The number of hydrogen-bond acceptors (Lipinski definition) is 4. The number of aromatic nitrogens is 1. The van der Waals surface area contributed by atoms with Crippen LogP contribution >= 0.6 is 0 Å². The lowest BCUT2D eigenvalue weighted by Crippen LogP contribution is -2.30. The fourth-order valence-electron chi connectivity index (χ4n) is 2.49. The van der Waals surface area contributed by atoms with Crippen LogP contribution in [0.2, 0.25) is 0 Å². The van der Waals surface area contributed by atoms with Gasteiger partial charge in [0.05, 0.1) is 18.3 Å². The maximum Gasteiger partial charge on any atom is 0.255 e. The zero-order valence-corrected chi connectivity index (χ0v) is 12.0. The van der Waals surface area contributed by atoms with E-state index in [-0.39, 0.29) is 5.91 Å². The molecule has 0 atom stereocenters. The quantitative estimate of drug-likeness (QED) is 0.808. The second-order valence-corrected chi connectivity index (χ2v) is 5.30. The molecule has 5 heteroatoms. The number of anilines is 1. The topological polar surface area (TPSA) is 77.2 Å². The van der Waals surface area contributed by atoms with E-state index in [1.54, 1.807) is 6.07 Å². The van der Waals surface area contributed by atoms with Crippen molar-refractivity contribution in [1.29, 1.82) is 0 Å². The van der Waals surface area contributed by atoms with Gasteiger partial charge < -0.3 is 15.8 Å². The Kier molecular flexibility index (Phi) is 5.35. The first-order valence-electron chi connectivity index (χ1n) is 7.29. The largest absolute Gasteiger partial charge is 0.398 e. The molecule has 1 fully saturated rings. The molecule has 0 aromatic carbocycles. The third-order valence-electron chi connectivity index (χ3n) is 3.61. The Morgan fingerprint density at radius 3 is 2.90 bits per heavy atom. The molecule has 2 rings (SSSR count). The number of nitrogen functional groups attached to an aromatic ring is 1. The first kappa shape index (κ1) is 14.8. The molecule has 5 nitrogen and oxygen atoms in total. The predicted molar refractivity (Wildman–Crippen MR) is 78.5 cm³/mol. The van der Waals surface area contributed by atoms with Crippen LogP contribution in [0.4, 0.5) is 5.69 Å². The lowest BCUT2D eigenvalue weighted by molar-refractivity contribution is 0.0299. The number of ether oxygens (including phenoxy) is 1. The molecule has 0 aliphatic heterocycles. The molecule has 1 aliphatic rings. The second kappa shape index (κ2) is 7.24. The summed E-state index contributed by atoms with van der Waals surface area (Å²) in [5.41, 5.74) is 7.50. The van der Waals surface area contributed by atoms with E-state index in [2.05, 4.69) is 10.3 Å². The van der Waals surface area contributed by atoms with E-state index >= 15 is 0 Å². The molecule has 0 saturated heterocycles. The average molecular weight is 277 g/mol. The molecule has 0 bridgehead atoms. The standard InChI is InChI=1S/C15H23N3O2/c1-11-9-14(16)13(10-18-11)15(19)17-7-8-20-12-5-3-2-4-6-12/h9-10,12H,2-8H2,1H3,(H2,16,18)(H,17,19). The third-order valence-corrected chi connectivity index (χ3v) is 3.61. The van der Waals surface area contributed by atoms with Crippen LogP contribution in [0.3, 0.4) is 0 Å². The van der Waals surface area contributed by atoms with Crippen LogP contribution in [-0.2, 0) is 4.74 Å². The first-order valence-corrected chi connectivity index (χ1v) is 7.29. The third kappa shape index (κ3) is 4.20. The van der Waals surface area contributed by atoms with Gasteiger partial charge in [-0.2, -0.15) is 0 Å². The fraction of sp³-hybridized carbons (Fsp3) is 0.600. The monoisotopic (exact) mass is 277 g/mol. The number of nitrogens with zero attached hydrogens (tertiary/aromatic N) is 1. The van der Waals surface area contributed by atoms with Crippen molar-refractivity contribution in [1.82, 2.24) is 10.3 Å². The van der Waals surface area contributed by atoms with Crippen LogP contribution in [0.1, 0.15) is 48.2 Å². The summed E-state index contributed by atoms with van der Waals surface area (Å²) in [7, 11) is 0. The van der Waals surface area contributed by atoms with Crippen molar-refractivity contribution in [2.75, 3.05) is 18.9 Å². The van der Waals surface area contributed by atoms with Gasteiger partial charge in [-0.1, -0.05) is 19.3 Å². The van der Waals surface area contributed by atoms with Gasteiger partial charge in [-0.15, -0.1) is 0 Å². The highest BCUT2D eigenvalue weighted by molar-refractivity contribution is 5.98. The molecule has 0 spiro atoms. The van der Waals surface area contributed by atoms with E-state index in [1.165, 1.54) is 25.5 Å². The van der Waals surface area contributed by atoms with Gasteiger partial charge in [0, 0.05) is 24.1 Å². The molecular weight excluding hydrogens is 254 g/mol. The maximum absolute atomic E-state index is 11.9. The number of amides is 1. The van der Waals surface area contributed by atoms with E-state index in [4.69, 9.17) is 10.5 Å². The highest BCUT2D eigenvalue weighted by Gasteiger charge is 2.14. The molecule has 110 valence electrons. The van der Waals surface area contributed by atoms with E-state index in [9.17, 15) is 4.79 Å². The first-order chi connectivity index (χ1) is 9.66. The van der Waals surface area contributed by atoms with Gasteiger partial charge >= 0.3 is 0 Å². The minimum absolute atomic E-state index is 0.192. The number of hydrogen-bond donors (Lipinski definition) is 2. The molecule has 1 amide bonds. The zero-order chi connectivity index (χ0) is 14.4. The molecule has 3 N–H and O–H groups in total. The number of carbonyl (C=O) groups excluding carboxylic acids is 1. The summed E-state index contributed by atoms with van der Waals surface area (Å²) in [5.74, 6) is -0.192. The van der Waals surface area contributed by atoms with Crippen molar-refractivity contribution in [2.45, 2.75) is 45.1 Å². The minimum Gasteiger partial charge on any atom is -0.398 e. The second-order valence-electron chi connectivity index (χ2n) is 5.30. The van der Waals surface area contributed by atoms with Crippen molar-refractivity contribution >= 4 is 11.6 Å². The van der Waals surface area contributed by atoms with Gasteiger partial charge in [-0.3, -0.25) is 9.78 Å². The Morgan fingerprint density at radius 2 is 2.20 bits per heavy atom. The molecule has 0 unspecified atom stereocenters. The summed E-state index contributed by atoms with van der Waals surface area (Å²) in [5, 5.41) is 2.81. The number of rotatable bonds is 5. The Labute approximate surface area is 119 Å². The van der Waals surface area contributed by atoms with Gasteiger partial charge in [-0.05, 0) is 25.8 Å². The van der Waals surface area contributed by atoms with Crippen molar-refractivity contribution < 1.29 is 9.53 Å². The minimum atomic E-state index is -0.192. The van der Waals surface area contributed by atoms with Gasteiger partial charge in [-0.25, -0.2) is 0 Å². The molecule has 1 saturated carbocycles. The Morgan fingerprint density at radius 1 is 1.45 bits per heavy atom. The highest BCUT2D eigenvalue weighted by atomic mass is 16.5. The number of nitrogens with two attached hydrogens (primary N) is 1. The summed E-state index contributed by atoms with van der Waals surface area (Å²) < 4.78 is 5.76. The summed E-state index contributed by atoms with van der Waals surface area (Å²) in [6, 6.07) is 1.70. The van der Waals surface area contributed by atoms with Crippen molar-refractivity contribution in [3.63, 3.8) is 0 Å². The van der Waals surface area contributed by atoms with Gasteiger partial charge in [0.15, 0.2) is 0 Å². The Hall–Kier alpha value is -1.62. The molecule has 0 radical (unpaired) electrons. The lowest BCUT2D eigenvalue weighted by Gasteiger charge is -2.22. The predicted octanol–water partition coefficient (Wildman–Crippen LogP) is 2.05. The molecule has 1 aromatic rings. The Balaban J connectivity index is 1.72. The zero-order valence-electron chi connectivity index (χ0n) is 12.0. The van der Waals surface area contributed by atoms with E-state index in [1.807, 2.05) is 6.92 Å². The summed E-state index contributed by atoms with van der Waals surface area (Å²) in [6.45, 7) is 2.90. The number of carbonyl (C=O) groups is 1. The summed E-state index contributed by atoms with van der Waals surface area (Å²) in [6.07, 6.45) is 7.99. The van der Waals surface area contributed by atoms with Gasteiger partial charge in [0.1, 0.15) is 0 Å². The van der Waals surface area contributed by atoms with Crippen molar-refractivity contribution in [3.05, 3.63) is 23.5 Å². The molecule has 1 aromatic heterocycles. The molecular formula is C15H23N3O2. The van der Waals surface area contributed by atoms with Crippen molar-refractivity contribution in [2.24, 2.45) is 0 Å². The van der Waals surface area contributed by atoms with Crippen LogP contribution in [0.5, 0.6) is 0 Å². The maximum atomic E-state index is 11.9. The Bertz CT molecular complexity index is 456. The van der Waals surface area contributed by atoms with Crippen LogP contribution in [0.25, 0.3) is 0 Å². The molecule has 1 heterocycles. The summed E-state index contributed by atoms with van der Waals surface area (Å²) in [4.78, 5) is 16.0. The molecule has 20 heavy (non-hydrogen) atoms. The molecule has 1 aliphatic carbocycles.